The SMILES string of the molecule is CCC(CC)CNC(=O)NC(C)Cc1cccc(OC)c1. The minimum Gasteiger partial charge on any atom is -0.497 e. The summed E-state index contributed by atoms with van der Waals surface area (Å²) >= 11 is 0. The highest BCUT2D eigenvalue weighted by molar-refractivity contribution is 5.74. The van der Waals surface area contributed by atoms with Gasteiger partial charge in [0.1, 0.15) is 5.75 Å². The van der Waals surface area contributed by atoms with Crippen molar-refractivity contribution in [2.45, 2.75) is 46.1 Å². The van der Waals surface area contributed by atoms with Crippen LogP contribution in [0.1, 0.15) is 39.2 Å². The van der Waals surface area contributed by atoms with E-state index in [1.54, 1.807) is 7.11 Å². The Morgan fingerprint density at radius 3 is 2.62 bits per heavy atom. The third-order valence-corrected chi connectivity index (χ3v) is 3.76. The summed E-state index contributed by atoms with van der Waals surface area (Å²) in [6.07, 6.45) is 2.97. The predicted molar refractivity (Wildman–Crippen MR) is 86.8 cm³/mol. The molecule has 1 aromatic rings. The molecule has 1 aromatic carbocycles. The minimum absolute atomic E-state index is 0.0822. The second-order valence-electron chi connectivity index (χ2n) is 5.49. The molecule has 4 nitrogen and oxygen atoms in total. The minimum atomic E-state index is -0.0858. The number of carbonyl (C=O) groups is 1. The number of hydrogen-bond donors (Lipinski definition) is 2. The molecule has 0 saturated carbocycles. The lowest BCUT2D eigenvalue weighted by atomic mass is 10.0. The molecular formula is C17H28N2O2. The number of amides is 2. The van der Waals surface area contributed by atoms with Gasteiger partial charge in [0.2, 0.25) is 0 Å². The highest BCUT2D eigenvalue weighted by Gasteiger charge is 2.10. The van der Waals surface area contributed by atoms with Crippen molar-refractivity contribution in [3.8, 4) is 5.75 Å². The zero-order valence-corrected chi connectivity index (χ0v) is 13.6. The largest absolute Gasteiger partial charge is 0.497 e. The van der Waals surface area contributed by atoms with E-state index in [-0.39, 0.29) is 12.1 Å². The number of hydrogen-bond acceptors (Lipinski definition) is 2. The average molecular weight is 292 g/mol. The van der Waals surface area contributed by atoms with E-state index < -0.39 is 0 Å². The molecule has 0 bridgehead atoms. The molecule has 21 heavy (non-hydrogen) atoms. The van der Waals surface area contributed by atoms with Crippen molar-refractivity contribution in [3.63, 3.8) is 0 Å². The molecular weight excluding hydrogens is 264 g/mol. The molecule has 0 spiro atoms. The molecule has 118 valence electrons. The van der Waals surface area contributed by atoms with Crippen LogP contribution >= 0.6 is 0 Å². The first kappa shape index (κ1) is 17.3. The van der Waals surface area contributed by atoms with E-state index in [1.807, 2.05) is 31.2 Å². The van der Waals surface area contributed by atoms with Crippen LogP contribution in [0.5, 0.6) is 5.75 Å². The molecule has 0 aliphatic heterocycles. The summed E-state index contributed by atoms with van der Waals surface area (Å²) in [6, 6.07) is 7.93. The van der Waals surface area contributed by atoms with Gasteiger partial charge in [-0.3, -0.25) is 0 Å². The van der Waals surface area contributed by atoms with Gasteiger partial charge in [-0.05, 0) is 37.0 Å². The van der Waals surface area contributed by atoms with Gasteiger partial charge in [-0.2, -0.15) is 0 Å². The summed E-state index contributed by atoms with van der Waals surface area (Å²) < 4.78 is 5.21. The zero-order valence-electron chi connectivity index (χ0n) is 13.6. The summed E-state index contributed by atoms with van der Waals surface area (Å²) in [6.45, 7) is 7.05. The third-order valence-electron chi connectivity index (χ3n) is 3.76. The second kappa shape index (κ2) is 9.27. The van der Waals surface area contributed by atoms with Crippen molar-refractivity contribution in [1.29, 1.82) is 0 Å². The van der Waals surface area contributed by atoms with E-state index in [0.717, 1.165) is 37.1 Å². The molecule has 1 atom stereocenters. The van der Waals surface area contributed by atoms with Gasteiger partial charge in [0.15, 0.2) is 0 Å². The van der Waals surface area contributed by atoms with Gasteiger partial charge in [0.25, 0.3) is 0 Å². The van der Waals surface area contributed by atoms with Crippen LogP contribution in [0.15, 0.2) is 24.3 Å². The Morgan fingerprint density at radius 1 is 1.29 bits per heavy atom. The second-order valence-corrected chi connectivity index (χ2v) is 5.49. The van der Waals surface area contributed by atoms with E-state index in [1.165, 1.54) is 0 Å². The molecule has 0 heterocycles. The summed E-state index contributed by atoms with van der Waals surface area (Å²) in [7, 11) is 1.66. The van der Waals surface area contributed by atoms with Crippen LogP contribution in [-0.4, -0.2) is 25.7 Å². The van der Waals surface area contributed by atoms with Crippen LogP contribution in [0.4, 0.5) is 4.79 Å². The van der Waals surface area contributed by atoms with E-state index in [9.17, 15) is 4.79 Å². The van der Waals surface area contributed by atoms with Crippen LogP contribution in [0.2, 0.25) is 0 Å². The topological polar surface area (TPSA) is 50.4 Å². The lowest BCUT2D eigenvalue weighted by molar-refractivity contribution is 0.235. The Bertz CT molecular complexity index is 431. The smallest absolute Gasteiger partial charge is 0.315 e. The fourth-order valence-electron chi connectivity index (χ4n) is 2.29. The van der Waals surface area contributed by atoms with Gasteiger partial charge in [-0.15, -0.1) is 0 Å². The van der Waals surface area contributed by atoms with Gasteiger partial charge in [-0.25, -0.2) is 4.79 Å². The van der Waals surface area contributed by atoms with Crippen molar-refractivity contribution < 1.29 is 9.53 Å². The van der Waals surface area contributed by atoms with Crippen molar-refractivity contribution in [2.75, 3.05) is 13.7 Å². The monoisotopic (exact) mass is 292 g/mol. The number of methoxy groups -OCH3 is 1. The normalized spacial score (nSPS) is 12.0. The van der Waals surface area contributed by atoms with Crippen LogP contribution in [0, 0.1) is 5.92 Å². The van der Waals surface area contributed by atoms with Gasteiger partial charge in [0.05, 0.1) is 7.11 Å². The summed E-state index contributed by atoms with van der Waals surface area (Å²) in [5, 5.41) is 5.93. The van der Waals surface area contributed by atoms with Crippen molar-refractivity contribution in [1.82, 2.24) is 10.6 Å². The van der Waals surface area contributed by atoms with E-state index in [0.29, 0.717) is 5.92 Å². The molecule has 4 heteroatoms. The zero-order chi connectivity index (χ0) is 15.7. The van der Waals surface area contributed by atoms with Crippen LogP contribution < -0.4 is 15.4 Å². The summed E-state index contributed by atoms with van der Waals surface area (Å²) in [5.41, 5.74) is 1.15. The Labute approximate surface area is 128 Å². The first-order valence-electron chi connectivity index (χ1n) is 7.76. The molecule has 0 aromatic heterocycles. The highest BCUT2D eigenvalue weighted by atomic mass is 16.5. The fourth-order valence-corrected chi connectivity index (χ4v) is 2.29. The number of nitrogens with one attached hydrogen (secondary N) is 2. The van der Waals surface area contributed by atoms with Gasteiger partial charge >= 0.3 is 6.03 Å². The standard InChI is InChI=1S/C17H28N2O2/c1-5-14(6-2)12-18-17(20)19-13(3)10-15-8-7-9-16(11-15)21-4/h7-9,11,13-14H,5-6,10,12H2,1-4H3,(H2,18,19,20). The van der Waals surface area contributed by atoms with Crippen molar-refractivity contribution in [2.24, 2.45) is 5.92 Å². The Morgan fingerprint density at radius 2 is 2.00 bits per heavy atom. The molecule has 0 fully saturated rings. The predicted octanol–water partition coefficient (Wildman–Crippen LogP) is 3.36. The lowest BCUT2D eigenvalue weighted by Gasteiger charge is -2.17. The quantitative estimate of drug-likeness (QED) is 0.772. The van der Waals surface area contributed by atoms with Gasteiger partial charge in [-0.1, -0.05) is 38.8 Å². The van der Waals surface area contributed by atoms with Crippen LogP contribution in [-0.2, 0) is 6.42 Å². The number of urea groups is 1. The van der Waals surface area contributed by atoms with Crippen LogP contribution in [0.25, 0.3) is 0 Å². The molecule has 0 aliphatic rings. The molecule has 0 aliphatic carbocycles. The third kappa shape index (κ3) is 6.52. The number of carbonyl (C=O) groups excluding carboxylic acids is 1. The molecule has 2 N–H and O–H groups in total. The van der Waals surface area contributed by atoms with Crippen LogP contribution in [0.3, 0.4) is 0 Å². The molecule has 0 saturated heterocycles. The lowest BCUT2D eigenvalue weighted by Crippen LogP contribution is -2.43. The maximum absolute atomic E-state index is 11.9. The Kier molecular flexibility index (Phi) is 7.65. The highest BCUT2D eigenvalue weighted by Crippen LogP contribution is 2.13. The Balaban J connectivity index is 2.38. The maximum atomic E-state index is 11.9. The first-order valence-corrected chi connectivity index (χ1v) is 7.76. The van der Waals surface area contributed by atoms with E-state index >= 15 is 0 Å². The number of rotatable bonds is 8. The van der Waals surface area contributed by atoms with Gasteiger partial charge in [0, 0.05) is 12.6 Å². The first-order chi connectivity index (χ1) is 10.1. The molecule has 1 rings (SSSR count). The average Bonchev–Trinajstić information content (AvgIpc) is 2.48. The molecule has 0 radical (unpaired) electrons. The van der Waals surface area contributed by atoms with Crippen molar-refractivity contribution >= 4 is 6.03 Å². The summed E-state index contributed by atoms with van der Waals surface area (Å²) in [5.74, 6) is 1.40. The van der Waals surface area contributed by atoms with E-state index in [2.05, 4.69) is 24.5 Å². The molecule has 1 unspecified atom stereocenters. The fraction of sp³-hybridized carbons (Fsp3) is 0.588. The Hall–Kier alpha value is -1.71. The van der Waals surface area contributed by atoms with Crippen molar-refractivity contribution in [3.05, 3.63) is 29.8 Å². The molecule has 2 amide bonds. The number of benzene rings is 1. The number of ether oxygens (including phenoxy) is 1. The summed E-state index contributed by atoms with van der Waals surface area (Å²) in [4.78, 5) is 11.9. The maximum Gasteiger partial charge on any atom is 0.315 e. The van der Waals surface area contributed by atoms with Gasteiger partial charge < -0.3 is 15.4 Å². The van der Waals surface area contributed by atoms with E-state index in [4.69, 9.17) is 4.74 Å².